The first-order valence-electron chi connectivity index (χ1n) is 9.01. The van der Waals surface area contributed by atoms with Gasteiger partial charge in [0.2, 0.25) is 5.91 Å². The van der Waals surface area contributed by atoms with Crippen molar-refractivity contribution in [3.8, 4) is 11.3 Å². The third-order valence-electron chi connectivity index (χ3n) is 5.74. The normalized spacial score (nSPS) is 19.0. The molecule has 126 valence electrons. The minimum absolute atomic E-state index is 0.0919. The van der Waals surface area contributed by atoms with Crippen LogP contribution in [0.25, 0.3) is 11.3 Å². The molecule has 2 aliphatic heterocycles. The number of imidazole rings is 1. The first kappa shape index (κ1) is 15.4. The minimum Gasteiger partial charge on any atom is -0.342 e. The second kappa shape index (κ2) is 5.76. The summed E-state index contributed by atoms with van der Waals surface area (Å²) < 4.78 is 2.40. The molecule has 1 fully saturated rings. The summed E-state index contributed by atoms with van der Waals surface area (Å²) >= 11 is 0. The minimum atomic E-state index is 0.0919. The van der Waals surface area contributed by atoms with Gasteiger partial charge in [0.05, 0.1) is 11.9 Å². The molecule has 1 saturated heterocycles. The number of fused-ring (bicyclic) bond motifs is 2. The summed E-state index contributed by atoms with van der Waals surface area (Å²) in [5.74, 6) is 1.61. The van der Waals surface area contributed by atoms with Crippen molar-refractivity contribution in [1.82, 2.24) is 14.5 Å². The Bertz CT molecular complexity index is 739. The zero-order chi connectivity index (χ0) is 16.7. The second-order valence-electron chi connectivity index (χ2n) is 7.50. The molecule has 2 aromatic rings. The van der Waals surface area contributed by atoms with Crippen molar-refractivity contribution >= 4 is 5.91 Å². The highest BCUT2D eigenvalue weighted by Gasteiger charge is 2.44. The summed E-state index contributed by atoms with van der Waals surface area (Å²) in [5.41, 5.74) is 2.63. The Morgan fingerprint density at radius 1 is 1.08 bits per heavy atom. The van der Waals surface area contributed by atoms with Gasteiger partial charge in [0.1, 0.15) is 5.82 Å². The van der Waals surface area contributed by atoms with Crippen molar-refractivity contribution < 1.29 is 4.79 Å². The molecular formula is C20H25N3O. The SMILES string of the molecule is CC(C)C(=O)N1CCC2(CC1)CCn1c(-c3ccccc3)cnc12. The van der Waals surface area contributed by atoms with Crippen LogP contribution in [0, 0.1) is 5.92 Å². The van der Waals surface area contributed by atoms with Gasteiger partial charge in [-0.15, -0.1) is 0 Å². The lowest BCUT2D eigenvalue weighted by atomic mass is 9.76. The molecular weight excluding hydrogens is 298 g/mol. The van der Waals surface area contributed by atoms with Crippen molar-refractivity contribution in [2.24, 2.45) is 5.92 Å². The summed E-state index contributed by atoms with van der Waals surface area (Å²) in [6, 6.07) is 10.5. The van der Waals surface area contributed by atoms with Gasteiger partial charge in [-0.2, -0.15) is 0 Å². The first-order valence-corrected chi connectivity index (χ1v) is 9.01. The highest BCUT2D eigenvalue weighted by molar-refractivity contribution is 5.78. The Morgan fingerprint density at radius 2 is 1.75 bits per heavy atom. The Hall–Kier alpha value is -2.10. The van der Waals surface area contributed by atoms with Crippen molar-refractivity contribution in [2.45, 2.75) is 45.1 Å². The number of benzene rings is 1. The fraction of sp³-hybridized carbons (Fsp3) is 0.500. The maximum atomic E-state index is 12.2. The number of hydrogen-bond acceptors (Lipinski definition) is 2. The Morgan fingerprint density at radius 3 is 2.42 bits per heavy atom. The molecule has 0 aliphatic carbocycles. The molecule has 0 unspecified atom stereocenters. The number of likely N-dealkylation sites (tertiary alicyclic amines) is 1. The van der Waals surface area contributed by atoms with Gasteiger partial charge in [-0.1, -0.05) is 44.2 Å². The van der Waals surface area contributed by atoms with Crippen LogP contribution in [-0.4, -0.2) is 33.4 Å². The van der Waals surface area contributed by atoms with E-state index in [4.69, 9.17) is 4.98 Å². The number of piperidine rings is 1. The van der Waals surface area contributed by atoms with Crippen LogP contribution in [0.3, 0.4) is 0 Å². The molecule has 1 spiro atoms. The fourth-order valence-corrected chi connectivity index (χ4v) is 4.30. The van der Waals surface area contributed by atoms with Gasteiger partial charge in [0, 0.05) is 31.0 Å². The zero-order valence-electron chi connectivity index (χ0n) is 14.5. The van der Waals surface area contributed by atoms with Gasteiger partial charge in [0.25, 0.3) is 0 Å². The lowest BCUT2D eigenvalue weighted by molar-refractivity contribution is -0.136. The van der Waals surface area contributed by atoms with E-state index in [0.29, 0.717) is 0 Å². The van der Waals surface area contributed by atoms with Gasteiger partial charge in [-0.25, -0.2) is 4.98 Å². The van der Waals surface area contributed by atoms with E-state index in [2.05, 4.69) is 28.8 Å². The van der Waals surface area contributed by atoms with Crippen molar-refractivity contribution in [3.63, 3.8) is 0 Å². The lowest BCUT2D eigenvalue weighted by Gasteiger charge is -2.39. The van der Waals surface area contributed by atoms with Gasteiger partial charge in [-0.05, 0) is 24.8 Å². The molecule has 0 atom stereocenters. The second-order valence-corrected chi connectivity index (χ2v) is 7.50. The molecule has 24 heavy (non-hydrogen) atoms. The van der Waals surface area contributed by atoms with Gasteiger partial charge < -0.3 is 9.47 Å². The molecule has 1 aromatic heterocycles. The maximum Gasteiger partial charge on any atom is 0.225 e. The molecule has 1 aromatic carbocycles. The van der Waals surface area contributed by atoms with E-state index in [1.807, 2.05) is 31.0 Å². The molecule has 4 heteroatoms. The van der Waals surface area contributed by atoms with E-state index < -0.39 is 0 Å². The number of amides is 1. The van der Waals surface area contributed by atoms with E-state index in [9.17, 15) is 4.79 Å². The van der Waals surface area contributed by atoms with Crippen molar-refractivity contribution in [1.29, 1.82) is 0 Å². The molecule has 1 amide bonds. The number of carbonyl (C=O) groups is 1. The third kappa shape index (κ3) is 2.36. The summed E-state index contributed by atoms with van der Waals surface area (Å²) in [6.07, 6.45) is 5.25. The molecule has 0 radical (unpaired) electrons. The van der Waals surface area contributed by atoms with Crippen molar-refractivity contribution in [3.05, 3.63) is 42.4 Å². The van der Waals surface area contributed by atoms with E-state index in [1.165, 1.54) is 17.1 Å². The summed E-state index contributed by atoms with van der Waals surface area (Å²) in [5, 5.41) is 0. The van der Waals surface area contributed by atoms with Gasteiger partial charge >= 0.3 is 0 Å². The van der Waals surface area contributed by atoms with E-state index in [0.717, 1.165) is 38.9 Å². The first-order chi connectivity index (χ1) is 11.6. The number of nitrogens with zero attached hydrogens (tertiary/aromatic N) is 3. The van der Waals surface area contributed by atoms with Crippen molar-refractivity contribution in [2.75, 3.05) is 13.1 Å². The van der Waals surface area contributed by atoms with E-state index in [1.54, 1.807) is 0 Å². The average molecular weight is 323 g/mol. The zero-order valence-corrected chi connectivity index (χ0v) is 14.5. The van der Waals surface area contributed by atoms with Crippen LogP contribution >= 0.6 is 0 Å². The monoisotopic (exact) mass is 323 g/mol. The smallest absolute Gasteiger partial charge is 0.225 e. The molecule has 3 heterocycles. The Kier molecular flexibility index (Phi) is 3.70. The number of hydrogen-bond donors (Lipinski definition) is 0. The standard InChI is InChI=1S/C20H25N3O/c1-15(2)18(24)22-11-8-20(9-12-22)10-13-23-17(14-21-19(20)23)16-6-4-3-5-7-16/h3-7,14-15H,8-13H2,1-2H3. The van der Waals surface area contributed by atoms with E-state index in [-0.39, 0.29) is 17.2 Å². The topological polar surface area (TPSA) is 38.1 Å². The quantitative estimate of drug-likeness (QED) is 0.849. The van der Waals surface area contributed by atoms with Crippen LogP contribution < -0.4 is 0 Å². The molecule has 0 bridgehead atoms. The molecule has 0 saturated carbocycles. The molecule has 0 N–H and O–H groups in total. The van der Waals surface area contributed by atoms with Crippen LogP contribution in [0.15, 0.2) is 36.5 Å². The largest absolute Gasteiger partial charge is 0.342 e. The average Bonchev–Trinajstić information content (AvgIpc) is 3.18. The number of aromatic nitrogens is 2. The fourth-order valence-electron chi connectivity index (χ4n) is 4.30. The predicted molar refractivity (Wildman–Crippen MR) is 94.6 cm³/mol. The third-order valence-corrected chi connectivity index (χ3v) is 5.74. The molecule has 4 nitrogen and oxygen atoms in total. The Balaban J connectivity index is 1.58. The Labute approximate surface area is 143 Å². The molecule has 4 rings (SSSR count). The van der Waals surface area contributed by atoms with E-state index >= 15 is 0 Å². The van der Waals surface area contributed by atoms with Crippen LogP contribution in [0.1, 0.15) is 38.9 Å². The van der Waals surface area contributed by atoms with Gasteiger partial charge in [0.15, 0.2) is 0 Å². The predicted octanol–water partition coefficient (Wildman–Crippen LogP) is 3.47. The highest BCUT2D eigenvalue weighted by Crippen LogP contribution is 2.44. The highest BCUT2D eigenvalue weighted by atomic mass is 16.2. The number of carbonyl (C=O) groups excluding carboxylic acids is 1. The number of rotatable bonds is 2. The van der Waals surface area contributed by atoms with Crippen LogP contribution in [0.5, 0.6) is 0 Å². The van der Waals surface area contributed by atoms with Crippen LogP contribution in [0.4, 0.5) is 0 Å². The lowest BCUT2D eigenvalue weighted by Crippen LogP contribution is -2.46. The van der Waals surface area contributed by atoms with Gasteiger partial charge in [-0.3, -0.25) is 4.79 Å². The molecule has 2 aliphatic rings. The maximum absolute atomic E-state index is 12.2. The summed E-state index contributed by atoms with van der Waals surface area (Å²) in [4.78, 5) is 19.1. The van der Waals surface area contributed by atoms with Crippen LogP contribution in [0.2, 0.25) is 0 Å². The van der Waals surface area contributed by atoms with Crippen LogP contribution in [-0.2, 0) is 16.8 Å². The summed E-state index contributed by atoms with van der Waals surface area (Å²) in [6.45, 7) is 6.75. The summed E-state index contributed by atoms with van der Waals surface area (Å²) in [7, 11) is 0.